The molecule has 0 spiro atoms. The van der Waals surface area contributed by atoms with Crippen molar-refractivity contribution in [2.45, 2.75) is 6.42 Å². The summed E-state index contributed by atoms with van der Waals surface area (Å²) in [6, 6.07) is 5.12. The second kappa shape index (κ2) is 5.70. The van der Waals surface area contributed by atoms with Crippen molar-refractivity contribution < 1.29 is 14.4 Å². The fourth-order valence-corrected chi connectivity index (χ4v) is 1.45. The van der Waals surface area contributed by atoms with Crippen LogP contribution in [0.2, 0.25) is 5.02 Å². The Kier molecular flexibility index (Phi) is 4.55. The van der Waals surface area contributed by atoms with E-state index in [-0.39, 0.29) is 0 Å². The number of methoxy groups -OCH3 is 1. The molecule has 15 heavy (non-hydrogen) atoms. The van der Waals surface area contributed by atoms with E-state index in [1.807, 2.05) is 0 Å². The summed E-state index contributed by atoms with van der Waals surface area (Å²) in [6.45, 7) is 0.411. The fraction of sp³-hybridized carbons (Fsp3) is 0.300. The number of carbonyl (C=O) groups excluding carboxylic acids is 1. The van der Waals surface area contributed by atoms with Crippen LogP contribution in [0.1, 0.15) is 15.9 Å². The molecule has 0 unspecified atom stereocenters. The molecule has 0 saturated heterocycles. The van der Waals surface area contributed by atoms with Crippen molar-refractivity contribution in [1.82, 2.24) is 0 Å². The third kappa shape index (κ3) is 3.20. The van der Waals surface area contributed by atoms with E-state index in [1.54, 1.807) is 18.2 Å². The van der Waals surface area contributed by atoms with Gasteiger partial charge in [-0.25, -0.2) is 10.7 Å². The number of hydrogen-bond acceptors (Lipinski definition) is 4. The van der Waals surface area contributed by atoms with Crippen LogP contribution >= 0.6 is 11.6 Å². The highest BCUT2D eigenvalue weighted by molar-refractivity contribution is 6.33. The first kappa shape index (κ1) is 12.0. The van der Waals surface area contributed by atoms with E-state index < -0.39 is 5.97 Å². The molecule has 82 valence electrons. The molecular weight excluding hydrogens is 218 g/mol. The van der Waals surface area contributed by atoms with Crippen molar-refractivity contribution in [3.63, 3.8) is 0 Å². The van der Waals surface area contributed by atoms with Crippen molar-refractivity contribution in [1.29, 1.82) is 0 Å². The highest BCUT2D eigenvalue weighted by Gasteiger charge is 2.10. The van der Waals surface area contributed by atoms with Crippen LogP contribution in [0.3, 0.4) is 0 Å². The minimum atomic E-state index is -0.443. The van der Waals surface area contributed by atoms with Crippen LogP contribution in [-0.4, -0.2) is 19.7 Å². The Morgan fingerprint density at radius 1 is 1.53 bits per heavy atom. The number of ether oxygens (including phenoxy) is 1. The van der Waals surface area contributed by atoms with Crippen LogP contribution in [0.5, 0.6) is 0 Å². The maximum atomic E-state index is 11.2. The number of nitrogens with two attached hydrogens (primary N) is 1. The largest absolute Gasteiger partial charge is 0.465 e. The Morgan fingerprint density at radius 2 is 2.27 bits per heavy atom. The van der Waals surface area contributed by atoms with Gasteiger partial charge in [-0.05, 0) is 24.1 Å². The third-order valence-corrected chi connectivity index (χ3v) is 2.26. The highest BCUT2D eigenvalue weighted by atomic mass is 35.5. The summed E-state index contributed by atoms with van der Waals surface area (Å²) >= 11 is 5.91. The lowest BCUT2D eigenvalue weighted by atomic mass is 10.1. The van der Waals surface area contributed by atoms with Gasteiger partial charge in [0.2, 0.25) is 0 Å². The second-order valence-electron chi connectivity index (χ2n) is 2.93. The lowest BCUT2D eigenvalue weighted by molar-refractivity contribution is 0.0601. The summed E-state index contributed by atoms with van der Waals surface area (Å²) < 4.78 is 4.57. The van der Waals surface area contributed by atoms with Crippen LogP contribution < -0.4 is 5.90 Å². The second-order valence-corrected chi connectivity index (χ2v) is 3.33. The predicted molar refractivity (Wildman–Crippen MR) is 56.6 cm³/mol. The summed E-state index contributed by atoms with van der Waals surface area (Å²) in [6.07, 6.45) is 0.650. The van der Waals surface area contributed by atoms with Crippen molar-refractivity contribution in [2.75, 3.05) is 13.7 Å². The van der Waals surface area contributed by atoms with Gasteiger partial charge in [-0.3, -0.25) is 0 Å². The average molecular weight is 230 g/mol. The van der Waals surface area contributed by atoms with Gasteiger partial charge in [-0.15, -0.1) is 0 Å². The van der Waals surface area contributed by atoms with Gasteiger partial charge >= 0.3 is 5.97 Å². The summed E-state index contributed by atoms with van der Waals surface area (Å²) in [5.41, 5.74) is 1.31. The van der Waals surface area contributed by atoms with Crippen LogP contribution in [-0.2, 0) is 16.0 Å². The Hall–Kier alpha value is -1.10. The molecule has 4 nitrogen and oxygen atoms in total. The Bertz CT molecular complexity index is 355. The molecule has 0 aromatic heterocycles. The number of hydrogen-bond donors (Lipinski definition) is 1. The number of rotatable bonds is 4. The zero-order valence-corrected chi connectivity index (χ0v) is 9.08. The predicted octanol–water partition coefficient (Wildman–Crippen LogP) is 1.56. The van der Waals surface area contributed by atoms with Gasteiger partial charge < -0.3 is 9.57 Å². The number of benzene rings is 1. The van der Waals surface area contributed by atoms with E-state index in [4.69, 9.17) is 17.5 Å². The minimum Gasteiger partial charge on any atom is -0.465 e. The monoisotopic (exact) mass is 229 g/mol. The Balaban J connectivity index is 2.83. The van der Waals surface area contributed by atoms with Gasteiger partial charge in [0.15, 0.2) is 0 Å². The molecule has 1 aromatic carbocycles. The molecule has 0 heterocycles. The molecule has 2 N–H and O–H groups in total. The molecule has 0 atom stereocenters. The molecule has 5 heteroatoms. The quantitative estimate of drug-likeness (QED) is 0.629. The molecule has 0 amide bonds. The first-order valence-electron chi connectivity index (χ1n) is 4.37. The number of carbonyl (C=O) groups is 1. The van der Waals surface area contributed by atoms with Crippen LogP contribution in [0.15, 0.2) is 18.2 Å². The Labute approximate surface area is 92.9 Å². The maximum absolute atomic E-state index is 11.2. The highest BCUT2D eigenvalue weighted by Crippen LogP contribution is 2.19. The molecule has 0 radical (unpaired) electrons. The zero-order valence-electron chi connectivity index (χ0n) is 8.33. The molecule has 0 fully saturated rings. The molecule has 1 aromatic rings. The van der Waals surface area contributed by atoms with Crippen LogP contribution in [0, 0.1) is 0 Å². The minimum absolute atomic E-state index is 0.358. The summed E-state index contributed by atoms with van der Waals surface area (Å²) in [5.74, 6) is 4.46. The molecule has 0 bridgehead atoms. The third-order valence-electron chi connectivity index (χ3n) is 1.95. The van der Waals surface area contributed by atoms with Gasteiger partial charge in [-0.2, -0.15) is 0 Å². The molecule has 0 aliphatic rings. The normalized spacial score (nSPS) is 10.1. The molecular formula is C10H12ClNO3. The maximum Gasteiger partial charge on any atom is 0.339 e. The van der Waals surface area contributed by atoms with Gasteiger partial charge in [0, 0.05) is 0 Å². The number of halogens is 1. The zero-order chi connectivity index (χ0) is 11.3. The van der Waals surface area contributed by atoms with E-state index in [2.05, 4.69) is 9.57 Å². The van der Waals surface area contributed by atoms with Crippen LogP contribution in [0.25, 0.3) is 0 Å². The molecule has 1 rings (SSSR count). The van der Waals surface area contributed by atoms with E-state index in [9.17, 15) is 4.79 Å². The summed E-state index contributed by atoms with van der Waals surface area (Å²) in [7, 11) is 1.31. The van der Waals surface area contributed by atoms with Crippen molar-refractivity contribution >= 4 is 17.6 Å². The standard InChI is InChI=1S/C10H12ClNO3/c1-14-10(13)8-3-2-7(4-5-15-12)6-9(8)11/h2-3,6H,4-5,12H2,1H3. The average Bonchev–Trinajstić information content (AvgIpc) is 2.25. The van der Waals surface area contributed by atoms with E-state index in [1.165, 1.54) is 7.11 Å². The van der Waals surface area contributed by atoms with E-state index in [0.29, 0.717) is 23.6 Å². The van der Waals surface area contributed by atoms with Gasteiger partial charge in [0.05, 0.1) is 24.3 Å². The van der Waals surface area contributed by atoms with Gasteiger partial charge in [0.25, 0.3) is 0 Å². The summed E-state index contributed by atoms with van der Waals surface area (Å²) in [5, 5.41) is 0.372. The first-order valence-corrected chi connectivity index (χ1v) is 4.75. The van der Waals surface area contributed by atoms with E-state index in [0.717, 1.165) is 5.56 Å². The topological polar surface area (TPSA) is 61.5 Å². The van der Waals surface area contributed by atoms with Crippen LogP contribution in [0.4, 0.5) is 0 Å². The smallest absolute Gasteiger partial charge is 0.339 e. The van der Waals surface area contributed by atoms with Crippen molar-refractivity contribution in [3.05, 3.63) is 34.3 Å². The number of esters is 1. The summed E-state index contributed by atoms with van der Waals surface area (Å²) in [4.78, 5) is 15.7. The van der Waals surface area contributed by atoms with Gasteiger partial charge in [0.1, 0.15) is 0 Å². The molecule has 0 saturated carbocycles. The molecule has 0 aliphatic carbocycles. The Morgan fingerprint density at radius 3 is 2.80 bits per heavy atom. The van der Waals surface area contributed by atoms with Crippen molar-refractivity contribution in [3.8, 4) is 0 Å². The lowest BCUT2D eigenvalue weighted by Crippen LogP contribution is -2.05. The lowest BCUT2D eigenvalue weighted by Gasteiger charge is -2.05. The molecule has 0 aliphatic heterocycles. The van der Waals surface area contributed by atoms with Gasteiger partial charge in [-0.1, -0.05) is 17.7 Å². The SMILES string of the molecule is COC(=O)c1ccc(CCON)cc1Cl. The first-order chi connectivity index (χ1) is 7.19. The fourth-order valence-electron chi connectivity index (χ4n) is 1.17. The van der Waals surface area contributed by atoms with E-state index >= 15 is 0 Å². The van der Waals surface area contributed by atoms with Crippen molar-refractivity contribution in [2.24, 2.45) is 5.90 Å².